The molecule has 0 aliphatic heterocycles. The number of allylic oxidation sites excluding steroid dienone is 7. The highest BCUT2D eigenvalue weighted by molar-refractivity contribution is 5.67. The molecule has 4 rings (SSSR count). The predicted molar refractivity (Wildman–Crippen MR) is 154 cm³/mol. The van der Waals surface area contributed by atoms with Crippen LogP contribution in [-0.4, -0.2) is 0 Å². The highest BCUT2D eigenvalue weighted by atomic mass is 14.4. The molecule has 0 heterocycles. The van der Waals surface area contributed by atoms with Crippen LogP contribution in [0.3, 0.4) is 0 Å². The lowest BCUT2D eigenvalue weighted by molar-refractivity contribution is 0.619. The lowest BCUT2D eigenvalue weighted by atomic mass is 9.69. The summed E-state index contributed by atoms with van der Waals surface area (Å²) in [5, 5.41) is 0. The number of rotatable bonds is 7. The van der Waals surface area contributed by atoms with E-state index in [1.807, 2.05) is 0 Å². The van der Waals surface area contributed by atoms with Crippen LogP contribution in [0.2, 0.25) is 0 Å². The van der Waals surface area contributed by atoms with Gasteiger partial charge >= 0.3 is 0 Å². The van der Waals surface area contributed by atoms with Crippen LogP contribution in [0.4, 0.5) is 0 Å². The summed E-state index contributed by atoms with van der Waals surface area (Å²) >= 11 is 0. The van der Waals surface area contributed by atoms with Gasteiger partial charge in [-0.25, -0.2) is 0 Å². The van der Waals surface area contributed by atoms with Crippen molar-refractivity contribution in [3.63, 3.8) is 0 Å². The summed E-state index contributed by atoms with van der Waals surface area (Å²) in [4.78, 5) is 0. The third kappa shape index (κ3) is 5.08. The fraction of sp³-hybridized carbons (Fsp3) is 0.371. The van der Waals surface area contributed by atoms with Gasteiger partial charge in [0.1, 0.15) is 0 Å². The predicted octanol–water partition coefficient (Wildman–Crippen LogP) is 10.3. The van der Waals surface area contributed by atoms with Crippen LogP contribution in [0.25, 0.3) is 6.08 Å². The van der Waals surface area contributed by atoms with E-state index in [0.29, 0.717) is 17.8 Å². The highest BCUT2D eigenvalue weighted by Gasteiger charge is 2.40. The molecule has 1 saturated carbocycles. The van der Waals surface area contributed by atoms with Crippen LogP contribution in [0, 0.1) is 5.92 Å². The molecule has 0 amide bonds. The molecule has 0 nitrogen and oxygen atoms in total. The molecular weight excluding hydrogens is 420 g/mol. The Morgan fingerprint density at radius 2 is 1.49 bits per heavy atom. The van der Waals surface area contributed by atoms with E-state index in [-0.39, 0.29) is 5.92 Å². The maximum Gasteiger partial charge on any atom is 0.0201 e. The lowest BCUT2D eigenvalue weighted by Crippen LogP contribution is -2.21. The minimum absolute atomic E-state index is 0.289. The van der Waals surface area contributed by atoms with Crippen molar-refractivity contribution in [1.29, 1.82) is 0 Å². The van der Waals surface area contributed by atoms with Crippen LogP contribution in [0.5, 0.6) is 0 Å². The summed E-state index contributed by atoms with van der Waals surface area (Å²) in [6.45, 7) is 22.8. The Balaban J connectivity index is 1.75. The second-order valence-electron chi connectivity index (χ2n) is 11.1. The van der Waals surface area contributed by atoms with Crippen molar-refractivity contribution in [1.82, 2.24) is 0 Å². The summed E-state index contributed by atoms with van der Waals surface area (Å²) in [6, 6.07) is 18.4. The Bertz CT molecular complexity index is 1190. The Morgan fingerprint density at radius 1 is 0.914 bits per heavy atom. The molecule has 0 saturated heterocycles. The zero-order valence-corrected chi connectivity index (χ0v) is 22.6. The molecule has 2 atom stereocenters. The smallest absolute Gasteiger partial charge is 0.0201 e. The maximum absolute atomic E-state index is 4.69. The second-order valence-corrected chi connectivity index (χ2v) is 11.1. The van der Waals surface area contributed by atoms with Gasteiger partial charge in [-0.2, -0.15) is 0 Å². The van der Waals surface area contributed by atoms with Gasteiger partial charge in [0.05, 0.1) is 0 Å². The highest BCUT2D eigenvalue weighted by Crippen LogP contribution is 2.55. The second kappa shape index (κ2) is 10.4. The zero-order chi connectivity index (χ0) is 25.3. The molecule has 2 aliphatic carbocycles. The molecule has 0 radical (unpaired) electrons. The van der Waals surface area contributed by atoms with Crippen molar-refractivity contribution >= 4 is 6.08 Å². The molecule has 0 N–H and O–H groups in total. The molecule has 2 aliphatic rings. The largest absolute Gasteiger partial charge is 0.0955 e. The molecule has 182 valence electrons. The van der Waals surface area contributed by atoms with Gasteiger partial charge in [-0.3, -0.25) is 0 Å². The van der Waals surface area contributed by atoms with Crippen molar-refractivity contribution in [2.45, 2.75) is 78.6 Å². The average Bonchev–Trinajstić information content (AvgIpc) is 3.13. The topological polar surface area (TPSA) is 0 Å². The van der Waals surface area contributed by atoms with Crippen molar-refractivity contribution in [3.8, 4) is 0 Å². The van der Waals surface area contributed by atoms with E-state index in [9.17, 15) is 0 Å². The van der Waals surface area contributed by atoms with E-state index >= 15 is 0 Å². The van der Waals surface area contributed by atoms with Gasteiger partial charge in [-0.1, -0.05) is 126 Å². The standard InChI is InChI=1S/C35H42/c1-9-10-24(6)33-25(7)19-32-21-31(20-27-11-13-28(14-12-27)22(2)3)26(8)34(32)35(33)30-17-15-29(16-18-30)23(4)5/h11-20,22-23,34-35H,6,8-10,21H2,1-5,7H3. The SMILES string of the molecule is C=C(CCC)C1=C(C)C=C2CC(=Cc3ccc(C(C)C)cc3)C(=C)C2C1c1ccc(C(C)C)cc1. The number of benzene rings is 2. The van der Waals surface area contributed by atoms with E-state index in [1.165, 1.54) is 55.7 Å². The maximum atomic E-state index is 4.69. The molecule has 2 aromatic rings. The van der Waals surface area contributed by atoms with E-state index in [4.69, 9.17) is 0 Å². The summed E-state index contributed by atoms with van der Waals surface area (Å²) in [5.74, 6) is 1.69. The molecule has 0 spiro atoms. The minimum Gasteiger partial charge on any atom is -0.0955 e. The first-order valence-corrected chi connectivity index (χ1v) is 13.4. The Kier molecular flexibility index (Phi) is 7.50. The van der Waals surface area contributed by atoms with Crippen LogP contribution in [0.1, 0.15) is 101 Å². The van der Waals surface area contributed by atoms with Crippen LogP contribution >= 0.6 is 0 Å². The van der Waals surface area contributed by atoms with Gasteiger partial charge in [0.25, 0.3) is 0 Å². The first-order valence-electron chi connectivity index (χ1n) is 13.4. The molecule has 1 fully saturated rings. The quantitative estimate of drug-likeness (QED) is 0.384. The number of hydrogen-bond acceptors (Lipinski definition) is 0. The van der Waals surface area contributed by atoms with Gasteiger partial charge in [-0.15, -0.1) is 0 Å². The molecule has 2 aromatic carbocycles. The van der Waals surface area contributed by atoms with Crippen molar-refractivity contribution in [3.05, 3.63) is 123 Å². The van der Waals surface area contributed by atoms with E-state index in [2.05, 4.69) is 115 Å². The van der Waals surface area contributed by atoms with Crippen LogP contribution in [-0.2, 0) is 0 Å². The number of hydrogen-bond donors (Lipinski definition) is 0. The van der Waals surface area contributed by atoms with Gasteiger partial charge in [0.2, 0.25) is 0 Å². The van der Waals surface area contributed by atoms with Crippen molar-refractivity contribution in [2.24, 2.45) is 5.92 Å². The fourth-order valence-electron chi connectivity index (χ4n) is 5.90. The Labute approximate surface area is 213 Å². The summed E-state index contributed by atoms with van der Waals surface area (Å²) in [6.07, 6.45) is 7.95. The van der Waals surface area contributed by atoms with Crippen molar-refractivity contribution < 1.29 is 0 Å². The molecule has 0 aromatic heterocycles. The van der Waals surface area contributed by atoms with E-state index in [0.717, 1.165) is 19.3 Å². The third-order valence-corrected chi connectivity index (χ3v) is 7.89. The van der Waals surface area contributed by atoms with E-state index in [1.54, 1.807) is 0 Å². The summed E-state index contributed by atoms with van der Waals surface area (Å²) in [7, 11) is 0. The first-order chi connectivity index (χ1) is 16.7. The first kappa shape index (κ1) is 25.2. The van der Waals surface area contributed by atoms with Gasteiger partial charge in [-0.05, 0) is 76.1 Å². The molecular formula is C35H42. The Morgan fingerprint density at radius 3 is 2.03 bits per heavy atom. The summed E-state index contributed by atoms with van der Waals surface area (Å²) < 4.78 is 0. The van der Waals surface area contributed by atoms with Gasteiger partial charge in [0, 0.05) is 11.8 Å². The molecule has 2 unspecified atom stereocenters. The Hall–Kier alpha value is -2.86. The van der Waals surface area contributed by atoms with Gasteiger partial charge < -0.3 is 0 Å². The molecule has 0 bridgehead atoms. The normalized spacial score (nSPS) is 21.2. The van der Waals surface area contributed by atoms with Crippen molar-refractivity contribution in [2.75, 3.05) is 0 Å². The molecule has 0 heteroatoms. The third-order valence-electron chi connectivity index (χ3n) is 7.89. The van der Waals surface area contributed by atoms with E-state index < -0.39 is 0 Å². The number of fused-ring (bicyclic) bond motifs is 1. The summed E-state index contributed by atoms with van der Waals surface area (Å²) in [5.41, 5.74) is 13.7. The average molecular weight is 463 g/mol. The zero-order valence-electron chi connectivity index (χ0n) is 22.6. The van der Waals surface area contributed by atoms with Crippen LogP contribution in [0.15, 0.2) is 101 Å². The monoisotopic (exact) mass is 462 g/mol. The fourth-order valence-corrected chi connectivity index (χ4v) is 5.90. The lowest BCUT2D eigenvalue weighted by Gasteiger charge is -2.34. The molecule has 35 heavy (non-hydrogen) atoms. The van der Waals surface area contributed by atoms with Crippen LogP contribution < -0.4 is 0 Å². The minimum atomic E-state index is 0.289. The van der Waals surface area contributed by atoms with Gasteiger partial charge in [0.15, 0.2) is 0 Å².